The molecule has 6 atom stereocenters. The molecule has 6 aliphatic heterocycles. The molecule has 2 fully saturated rings. The van der Waals surface area contributed by atoms with Gasteiger partial charge in [-0.25, -0.2) is 4.39 Å². The van der Waals surface area contributed by atoms with Crippen LogP contribution >= 0.6 is 0 Å². The third kappa shape index (κ3) is 11.9. The van der Waals surface area contributed by atoms with Crippen LogP contribution in [0.3, 0.4) is 0 Å². The van der Waals surface area contributed by atoms with Crippen molar-refractivity contribution in [1.82, 2.24) is 9.80 Å². The highest BCUT2D eigenvalue weighted by atomic mass is 19.1. The number of carbonyl (C=O) groups is 3. The van der Waals surface area contributed by atoms with Gasteiger partial charge in [0.25, 0.3) is 11.7 Å². The lowest BCUT2D eigenvalue weighted by atomic mass is 9.83. The molecule has 396 valence electrons. The van der Waals surface area contributed by atoms with Crippen molar-refractivity contribution in [3.8, 4) is 17.2 Å². The summed E-state index contributed by atoms with van der Waals surface area (Å²) in [5.74, 6) is -4.54. The SMILES string of the molecule is C/C1=C/C=C/C(C)C[C@@H](C)C(O)[C@@H](C)C(OC(=O)CN2CCCN(c3ccc(F)cc3)CC2)CC/C=C/OC2(C)Oc3c(C)c(O)c4c(O)c(c5c(c4c3C2=O)=NC2(CCN(CC(C)C)CC2)N=5)NC1=O.CO. The molecular weight excluding hydrogens is 936 g/mol. The number of ether oxygens (including phenoxy) is 3. The maximum absolute atomic E-state index is 14.8. The first-order valence-corrected chi connectivity index (χ1v) is 25.8. The van der Waals surface area contributed by atoms with E-state index in [2.05, 4.69) is 33.9 Å². The summed E-state index contributed by atoms with van der Waals surface area (Å²) >= 11 is 0. The number of anilines is 2. The number of aromatic hydroxyl groups is 2. The average Bonchev–Trinajstić information content (AvgIpc) is 3.74. The van der Waals surface area contributed by atoms with Crippen molar-refractivity contribution in [2.75, 3.05) is 69.7 Å². The Bertz CT molecular complexity index is 2750. The number of Topliss-reactive ketones (excluding diaryl/α,β-unsaturated/α-hetero) is 1. The maximum Gasteiger partial charge on any atom is 0.320 e. The first-order chi connectivity index (χ1) is 34.8. The number of phenolic OH excluding ortho intramolecular Hbond substituents is 2. The number of phenols is 2. The van der Waals surface area contributed by atoms with Gasteiger partial charge in [-0.15, -0.1) is 0 Å². The van der Waals surface area contributed by atoms with E-state index in [0.717, 1.165) is 45.4 Å². The molecule has 0 radical (unpaired) electrons. The topological polar surface area (TPSA) is 206 Å². The molecule has 0 aromatic heterocycles. The number of carbonyl (C=O) groups excluding carboxylic acids is 3. The van der Waals surface area contributed by atoms with Gasteiger partial charge in [0.1, 0.15) is 34.5 Å². The average molecular weight is 1010 g/mol. The fourth-order valence-corrected chi connectivity index (χ4v) is 10.9. The highest BCUT2D eigenvalue weighted by Crippen LogP contribution is 2.50. The molecule has 4 unspecified atom stereocenters. The molecule has 5 N–H and O–H groups in total. The van der Waals surface area contributed by atoms with E-state index in [1.54, 1.807) is 44.2 Å². The highest BCUT2D eigenvalue weighted by molar-refractivity contribution is 6.19. The Morgan fingerprint density at radius 1 is 0.945 bits per heavy atom. The summed E-state index contributed by atoms with van der Waals surface area (Å²) in [4.78, 5) is 59.6. The lowest BCUT2D eigenvalue weighted by Crippen LogP contribution is -2.43. The van der Waals surface area contributed by atoms with Crippen LogP contribution in [-0.2, 0) is 19.1 Å². The molecule has 0 aliphatic carbocycles. The van der Waals surface area contributed by atoms with Gasteiger partial charge in [-0.2, -0.15) is 0 Å². The quantitative estimate of drug-likeness (QED) is 0.127. The van der Waals surface area contributed by atoms with Crippen molar-refractivity contribution in [3.63, 3.8) is 0 Å². The summed E-state index contributed by atoms with van der Waals surface area (Å²) in [5.41, 5.74) is 0.580. The van der Waals surface area contributed by atoms with E-state index in [4.69, 9.17) is 29.3 Å². The first-order valence-electron chi connectivity index (χ1n) is 25.8. The molecule has 16 nitrogen and oxygen atoms in total. The van der Waals surface area contributed by atoms with Crippen molar-refractivity contribution in [1.29, 1.82) is 0 Å². The number of halogens is 1. The third-order valence-corrected chi connectivity index (χ3v) is 14.9. The monoisotopic (exact) mass is 1010 g/mol. The van der Waals surface area contributed by atoms with Crippen LogP contribution in [0.4, 0.5) is 15.8 Å². The Morgan fingerprint density at radius 3 is 2.34 bits per heavy atom. The zero-order valence-corrected chi connectivity index (χ0v) is 43.9. The Labute approximate surface area is 427 Å². The number of amides is 1. The minimum Gasteiger partial charge on any atom is -0.507 e. The predicted molar refractivity (Wildman–Crippen MR) is 278 cm³/mol. The molecule has 3 aromatic carbocycles. The minimum absolute atomic E-state index is 0.00141. The van der Waals surface area contributed by atoms with Crippen molar-refractivity contribution >= 4 is 39.8 Å². The summed E-state index contributed by atoms with van der Waals surface area (Å²) in [6, 6.07) is 6.44. The van der Waals surface area contributed by atoms with E-state index in [9.17, 15) is 34.1 Å². The molecule has 1 spiro atoms. The van der Waals surface area contributed by atoms with Crippen LogP contribution in [0.1, 0.15) is 103 Å². The van der Waals surface area contributed by atoms with Gasteiger partial charge in [0.15, 0.2) is 11.4 Å². The number of hydrogen-bond acceptors (Lipinski definition) is 15. The van der Waals surface area contributed by atoms with Crippen LogP contribution in [0.2, 0.25) is 0 Å². The molecular formula is C56H75FN6O10. The highest BCUT2D eigenvalue weighted by Gasteiger charge is 2.50. The summed E-state index contributed by atoms with van der Waals surface area (Å²) in [5, 5.41) is 46.4. The summed E-state index contributed by atoms with van der Waals surface area (Å²) in [6.45, 7) is 20.1. The smallest absolute Gasteiger partial charge is 0.320 e. The molecule has 0 saturated carbocycles. The number of aliphatic hydroxyl groups is 2. The van der Waals surface area contributed by atoms with Crippen LogP contribution < -0.4 is 25.7 Å². The van der Waals surface area contributed by atoms with E-state index in [-0.39, 0.29) is 74.0 Å². The molecule has 1 amide bonds. The number of hydrogen-bond donors (Lipinski definition) is 5. The van der Waals surface area contributed by atoms with Crippen LogP contribution in [0.15, 0.2) is 70.4 Å². The molecule has 2 saturated heterocycles. The normalized spacial score (nSPS) is 27.6. The number of piperidine rings is 1. The number of aliphatic hydroxyl groups excluding tert-OH is 2. The molecule has 6 aliphatic rings. The van der Waals surface area contributed by atoms with Gasteiger partial charge in [-0.05, 0) is 87.6 Å². The van der Waals surface area contributed by atoms with Gasteiger partial charge in [-0.1, -0.05) is 52.8 Å². The van der Waals surface area contributed by atoms with Crippen molar-refractivity contribution in [2.24, 2.45) is 33.7 Å². The van der Waals surface area contributed by atoms with Crippen molar-refractivity contribution < 1.29 is 53.4 Å². The zero-order valence-electron chi connectivity index (χ0n) is 43.9. The minimum atomic E-state index is -1.89. The number of rotatable bonds is 6. The van der Waals surface area contributed by atoms with E-state index < -0.39 is 53.0 Å². The second kappa shape index (κ2) is 23.1. The van der Waals surface area contributed by atoms with Gasteiger partial charge in [0, 0.05) is 101 Å². The largest absolute Gasteiger partial charge is 0.507 e. The van der Waals surface area contributed by atoms with Gasteiger partial charge in [-0.3, -0.25) is 29.3 Å². The van der Waals surface area contributed by atoms with Crippen LogP contribution in [0.25, 0.3) is 10.8 Å². The van der Waals surface area contributed by atoms with Crippen molar-refractivity contribution in [3.05, 3.63) is 88.1 Å². The second-order valence-corrected chi connectivity index (χ2v) is 21.0. The predicted octanol–water partition coefficient (Wildman–Crippen LogP) is 6.85. The van der Waals surface area contributed by atoms with E-state index in [1.807, 2.05) is 26.8 Å². The lowest BCUT2D eigenvalue weighted by molar-refractivity contribution is -0.156. The summed E-state index contributed by atoms with van der Waals surface area (Å²) in [7, 11) is 1.00. The Morgan fingerprint density at radius 2 is 1.64 bits per heavy atom. The fourth-order valence-electron chi connectivity index (χ4n) is 10.9. The molecule has 3 aromatic rings. The number of nitrogens with zero attached hydrogens (tertiary/aromatic N) is 5. The van der Waals surface area contributed by atoms with Gasteiger partial charge in [0.05, 0.1) is 35.2 Å². The van der Waals surface area contributed by atoms with Crippen molar-refractivity contribution in [2.45, 2.75) is 118 Å². The van der Waals surface area contributed by atoms with Crippen LogP contribution in [-0.4, -0.2) is 131 Å². The van der Waals surface area contributed by atoms with Crippen LogP contribution in [0, 0.1) is 36.4 Å². The summed E-state index contributed by atoms with van der Waals surface area (Å²) in [6.07, 6.45) is 10.3. The van der Waals surface area contributed by atoms with Gasteiger partial charge < -0.3 is 49.8 Å². The number of allylic oxidation sites excluding steroid dienone is 4. The Kier molecular flexibility index (Phi) is 17.4. The van der Waals surface area contributed by atoms with Gasteiger partial charge in [0.2, 0.25) is 0 Å². The Balaban J connectivity index is 0.00000385. The Hall–Kier alpha value is -5.88. The maximum atomic E-state index is 14.8. The zero-order chi connectivity index (χ0) is 52.9. The molecule has 73 heavy (non-hydrogen) atoms. The second-order valence-electron chi connectivity index (χ2n) is 21.0. The van der Waals surface area contributed by atoms with E-state index in [1.165, 1.54) is 25.3 Å². The van der Waals surface area contributed by atoms with E-state index >= 15 is 0 Å². The number of benzene rings is 3. The number of likely N-dealkylation sites (tertiary alicyclic amines) is 1. The van der Waals surface area contributed by atoms with E-state index in [0.29, 0.717) is 63.2 Å². The summed E-state index contributed by atoms with van der Waals surface area (Å²) < 4.78 is 32.4. The number of nitrogens with one attached hydrogen (secondary N) is 1. The molecule has 17 heteroatoms. The molecule has 6 heterocycles. The third-order valence-electron chi connectivity index (χ3n) is 14.9. The standard InChI is InChI=1S/C55H71FN6O9.CH4O/c1-32(2)30-61-24-20-55(21-25-61)58-45-42-43-49(65)37(7)51-44(42)52(67)54(8,71-51)69-28-10-9-15-40(70-41(63)31-60-22-12-23-62(27-26-60)39-18-16-38(56)17-19-39)36(6)48(64)35(5)29-33(3)13-11-14-34(4)53(68)57-47(50(43)66)46(45)59-55;1-2/h10-11,13-14,16-19,28,32-33,35-36,40,48,64-66H,9,12,15,20-27,29-31H2,1-8H3,(H,57,68);2H,1H3/b13-11+,28-10+,34-14-;/t33?,35-,36+,40?,48?,54?;/m1./s1. The lowest BCUT2D eigenvalue weighted by Gasteiger charge is -2.36. The van der Waals surface area contributed by atoms with Gasteiger partial charge >= 0.3 is 11.8 Å². The first kappa shape index (κ1) is 54.9. The number of fused-ring (bicyclic) bond motifs is 13. The van der Waals surface area contributed by atoms with Crippen LogP contribution in [0.5, 0.6) is 17.2 Å². The molecule has 9 rings (SSSR count). The fraction of sp³-hybridized carbons (Fsp3) is 0.554. The molecule has 5 bridgehead atoms. The number of esters is 1. The number of ketones is 1.